The van der Waals surface area contributed by atoms with Crippen LogP contribution >= 0.6 is 0 Å². The number of aliphatic hydroxyl groups is 1. The first-order chi connectivity index (χ1) is 9.83. The highest BCUT2D eigenvalue weighted by atomic mass is 19.4. The van der Waals surface area contributed by atoms with Crippen LogP contribution in [-0.4, -0.2) is 29.8 Å². The Morgan fingerprint density at radius 3 is 2.67 bits per heavy atom. The fourth-order valence-corrected chi connectivity index (χ4v) is 1.70. The SMILES string of the molecule is CC(CC(F)(F)F)NC(=O)c1ccccc1C#CCCO. The molecule has 1 unspecified atom stereocenters. The number of halogens is 3. The lowest BCUT2D eigenvalue weighted by atomic mass is 10.1. The zero-order chi connectivity index (χ0) is 15.9. The van der Waals surface area contributed by atoms with Crippen molar-refractivity contribution < 1.29 is 23.1 Å². The lowest BCUT2D eigenvalue weighted by Gasteiger charge is -2.16. The zero-order valence-corrected chi connectivity index (χ0v) is 11.5. The molecule has 1 aromatic rings. The maximum Gasteiger partial charge on any atom is 0.391 e. The average molecular weight is 299 g/mol. The van der Waals surface area contributed by atoms with Gasteiger partial charge in [0.2, 0.25) is 0 Å². The van der Waals surface area contributed by atoms with E-state index in [1.165, 1.54) is 13.0 Å². The molecule has 0 aliphatic carbocycles. The number of hydrogen-bond donors (Lipinski definition) is 2. The van der Waals surface area contributed by atoms with Crippen molar-refractivity contribution in [2.24, 2.45) is 0 Å². The summed E-state index contributed by atoms with van der Waals surface area (Å²) >= 11 is 0. The average Bonchev–Trinajstić information content (AvgIpc) is 2.37. The number of amides is 1. The molecule has 0 heterocycles. The highest BCUT2D eigenvalue weighted by Gasteiger charge is 2.30. The summed E-state index contributed by atoms with van der Waals surface area (Å²) in [5, 5.41) is 11.0. The number of alkyl halides is 3. The lowest BCUT2D eigenvalue weighted by molar-refractivity contribution is -0.138. The highest BCUT2D eigenvalue weighted by molar-refractivity contribution is 5.96. The second-order valence-corrected chi connectivity index (χ2v) is 4.51. The predicted molar refractivity (Wildman–Crippen MR) is 72.6 cm³/mol. The first kappa shape index (κ1) is 17.1. The van der Waals surface area contributed by atoms with Gasteiger partial charge in [0, 0.05) is 18.0 Å². The molecule has 6 heteroatoms. The standard InChI is InChI=1S/C15H16F3NO2/c1-11(10-15(16,17)18)19-14(21)13-8-3-2-6-12(13)7-4-5-9-20/h2-3,6,8,11,20H,5,9-10H2,1H3,(H,19,21). The van der Waals surface area contributed by atoms with Crippen LogP contribution in [0.15, 0.2) is 24.3 Å². The highest BCUT2D eigenvalue weighted by Crippen LogP contribution is 2.21. The van der Waals surface area contributed by atoms with Crippen LogP contribution in [0, 0.1) is 11.8 Å². The number of carbonyl (C=O) groups excluding carboxylic acids is 1. The largest absolute Gasteiger partial charge is 0.395 e. The minimum Gasteiger partial charge on any atom is -0.395 e. The molecule has 1 amide bonds. The van der Waals surface area contributed by atoms with Gasteiger partial charge < -0.3 is 10.4 Å². The second kappa shape index (κ2) is 7.70. The molecule has 0 saturated carbocycles. The summed E-state index contributed by atoms with van der Waals surface area (Å²) in [5.74, 6) is 4.81. The van der Waals surface area contributed by atoms with Crippen molar-refractivity contribution in [3.05, 3.63) is 35.4 Å². The number of benzene rings is 1. The first-order valence-corrected chi connectivity index (χ1v) is 6.40. The summed E-state index contributed by atoms with van der Waals surface area (Å²) in [4.78, 5) is 12.0. The van der Waals surface area contributed by atoms with Crippen LogP contribution in [-0.2, 0) is 0 Å². The van der Waals surface area contributed by atoms with Crippen molar-refractivity contribution in [1.82, 2.24) is 5.32 Å². The van der Waals surface area contributed by atoms with E-state index in [1.54, 1.807) is 18.2 Å². The van der Waals surface area contributed by atoms with Gasteiger partial charge in [0.25, 0.3) is 5.91 Å². The van der Waals surface area contributed by atoms with Crippen LogP contribution in [0.5, 0.6) is 0 Å². The Morgan fingerprint density at radius 1 is 1.38 bits per heavy atom. The van der Waals surface area contributed by atoms with Gasteiger partial charge in [0.1, 0.15) is 0 Å². The van der Waals surface area contributed by atoms with E-state index in [0.717, 1.165) is 0 Å². The lowest BCUT2D eigenvalue weighted by Crippen LogP contribution is -2.36. The molecule has 0 saturated heterocycles. The summed E-state index contributed by atoms with van der Waals surface area (Å²) in [6.07, 6.45) is -5.15. The second-order valence-electron chi connectivity index (χ2n) is 4.51. The van der Waals surface area contributed by atoms with E-state index in [-0.39, 0.29) is 18.6 Å². The first-order valence-electron chi connectivity index (χ1n) is 6.40. The molecule has 1 atom stereocenters. The minimum atomic E-state index is -4.33. The minimum absolute atomic E-state index is 0.0933. The number of nitrogens with one attached hydrogen (secondary N) is 1. The zero-order valence-electron chi connectivity index (χ0n) is 11.5. The van der Waals surface area contributed by atoms with Crippen LogP contribution in [0.4, 0.5) is 13.2 Å². The third kappa shape index (κ3) is 6.32. The fourth-order valence-electron chi connectivity index (χ4n) is 1.70. The molecule has 0 radical (unpaired) electrons. The van der Waals surface area contributed by atoms with E-state index in [9.17, 15) is 18.0 Å². The van der Waals surface area contributed by atoms with Gasteiger partial charge in [-0.05, 0) is 19.1 Å². The van der Waals surface area contributed by atoms with Crippen LogP contribution in [0.3, 0.4) is 0 Å². The molecule has 0 spiro atoms. The van der Waals surface area contributed by atoms with Crippen LogP contribution in [0.1, 0.15) is 35.7 Å². The van der Waals surface area contributed by atoms with Crippen molar-refractivity contribution in [2.75, 3.05) is 6.61 Å². The van der Waals surface area contributed by atoms with E-state index >= 15 is 0 Å². The Labute approximate surface area is 121 Å². The van der Waals surface area contributed by atoms with E-state index in [0.29, 0.717) is 5.56 Å². The van der Waals surface area contributed by atoms with E-state index < -0.39 is 24.5 Å². The Balaban J connectivity index is 2.81. The Hall–Kier alpha value is -2.00. The van der Waals surface area contributed by atoms with Crippen LogP contribution in [0.2, 0.25) is 0 Å². The van der Waals surface area contributed by atoms with E-state index in [1.807, 2.05) is 0 Å². The van der Waals surface area contributed by atoms with Crippen molar-refractivity contribution in [3.8, 4) is 11.8 Å². The maximum atomic E-state index is 12.2. The molecular weight excluding hydrogens is 283 g/mol. The van der Waals surface area contributed by atoms with Crippen LogP contribution < -0.4 is 5.32 Å². The smallest absolute Gasteiger partial charge is 0.391 e. The van der Waals surface area contributed by atoms with Gasteiger partial charge in [0.15, 0.2) is 0 Å². The van der Waals surface area contributed by atoms with Gasteiger partial charge in [-0.1, -0.05) is 24.0 Å². The van der Waals surface area contributed by atoms with Gasteiger partial charge in [0.05, 0.1) is 18.6 Å². The molecule has 0 bridgehead atoms. The maximum absolute atomic E-state index is 12.2. The molecule has 0 fully saturated rings. The third-order valence-electron chi connectivity index (χ3n) is 2.55. The Morgan fingerprint density at radius 2 is 2.05 bits per heavy atom. The molecule has 21 heavy (non-hydrogen) atoms. The molecule has 114 valence electrons. The molecule has 1 rings (SSSR count). The summed E-state index contributed by atoms with van der Waals surface area (Å²) in [6, 6.07) is 5.38. The van der Waals surface area contributed by atoms with Crippen LogP contribution in [0.25, 0.3) is 0 Å². The van der Waals surface area contributed by atoms with E-state index in [2.05, 4.69) is 17.2 Å². The van der Waals surface area contributed by atoms with Crippen molar-refractivity contribution in [3.63, 3.8) is 0 Å². The van der Waals surface area contributed by atoms with Gasteiger partial charge >= 0.3 is 6.18 Å². The monoisotopic (exact) mass is 299 g/mol. The van der Waals surface area contributed by atoms with Crippen molar-refractivity contribution in [1.29, 1.82) is 0 Å². The van der Waals surface area contributed by atoms with E-state index in [4.69, 9.17) is 5.11 Å². The molecule has 0 aliphatic rings. The molecule has 1 aromatic carbocycles. The van der Waals surface area contributed by atoms with Crippen molar-refractivity contribution >= 4 is 5.91 Å². The topological polar surface area (TPSA) is 49.3 Å². The summed E-state index contributed by atoms with van der Waals surface area (Å²) in [5.41, 5.74) is 0.639. The Kier molecular flexibility index (Phi) is 6.25. The molecule has 2 N–H and O–H groups in total. The van der Waals surface area contributed by atoms with Gasteiger partial charge in [-0.3, -0.25) is 4.79 Å². The van der Waals surface area contributed by atoms with Gasteiger partial charge in [-0.15, -0.1) is 0 Å². The number of rotatable bonds is 4. The molecule has 0 aliphatic heterocycles. The summed E-state index contributed by atoms with van der Waals surface area (Å²) in [7, 11) is 0. The number of aliphatic hydroxyl groups excluding tert-OH is 1. The molecule has 0 aromatic heterocycles. The number of carbonyl (C=O) groups is 1. The van der Waals surface area contributed by atoms with Gasteiger partial charge in [-0.25, -0.2) is 0 Å². The quantitative estimate of drug-likeness (QED) is 0.839. The number of hydrogen-bond acceptors (Lipinski definition) is 2. The Bertz CT molecular complexity index is 544. The fraction of sp³-hybridized carbons (Fsp3) is 0.400. The third-order valence-corrected chi connectivity index (χ3v) is 2.55. The molecule has 3 nitrogen and oxygen atoms in total. The predicted octanol–water partition coefficient (Wildman–Crippen LogP) is 2.49. The normalized spacial score (nSPS) is 12.2. The van der Waals surface area contributed by atoms with Gasteiger partial charge in [-0.2, -0.15) is 13.2 Å². The summed E-state index contributed by atoms with van der Waals surface area (Å²) in [6.45, 7) is 1.20. The van der Waals surface area contributed by atoms with Crippen molar-refractivity contribution in [2.45, 2.75) is 32.0 Å². The molecular formula is C15H16F3NO2. The summed E-state index contributed by atoms with van der Waals surface area (Å²) < 4.78 is 36.7.